The van der Waals surface area contributed by atoms with Crippen molar-refractivity contribution in [1.29, 1.82) is 0 Å². The summed E-state index contributed by atoms with van der Waals surface area (Å²) in [5, 5.41) is 19.5. The summed E-state index contributed by atoms with van der Waals surface area (Å²) >= 11 is 0. The number of hydrogen-bond donors (Lipinski definition) is 3. The molecule has 3 N–H and O–H groups in total. The Morgan fingerprint density at radius 2 is 2.00 bits per heavy atom. The van der Waals surface area contributed by atoms with Crippen molar-refractivity contribution in [3.8, 4) is 5.75 Å². The number of aryl methyl sites for hydroxylation is 1. The van der Waals surface area contributed by atoms with Crippen LogP contribution in [0.3, 0.4) is 0 Å². The van der Waals surface area contributed by atoms with Crippen molar-refractivity contribution in [2.24, 2.45) is 0 Å². The third-order valence-electron chi connectivity index (χ3n) is 2.60. The van der Waals surface area contributed by atoms with Gasteiger partial charge in [-0.3, -0.25) is 9.59 Å². The van der Waals surface area contributed by atoms with Crippen LogP contribution in [0.25, 0.3) is 0 Å². The standard InChI is InChI=1S/C14H17NO6/c1-9-3-2-4-10(7-9)21-6-5-12(16)15-11(14(19)20)8-13(17)18/h2-4,7,11H,5-6,8H2,1H3,(H,15,16)(H,17,18)(H,19,20). The van der Waals surface area contributed by atoms with Gasteiger partial charge in [-0.1, -0.05) is 12.1 Å². The molecule has 1 atom stereocenters. The molecule has 0 aliphatic rings. The van der Waals surface area contributed by atoms with Gasteiger partial charge in [-0.2, -0.15) is 0 Å². The average molecular weight is 295 g/mol. The van der Waals surface area contributed by atoms with Crippen LogP contribution < -0.4 is 10.1 Å². The summed E-state index contributed by atoms with van der Waals surface area (Å²) in [6, 6.07) is 5.84. The van der Waals surface area contributed by atoms with Crippen molar-refractivity contribution in [3.05, 3.63) is 29.8 Å². The number of hydrogen-bond acceptors (Lipinski definition) is 4. The highest BCUT2D eigenvalue weighted by molar-refractivity contribution is 5.86. The number of carbonyl (C=O) groups excluding carboxylic acids is 1. The van der Waals surface area contributed by atoms with Crippen LogP contribution in [0.4, 0.5) is 0 Å². The number of amides is 1. The Bertz CT molecular complexity index is 528. The number of carboxylic acids is 2. The summed E-state index contributed by atoms with van der Waals surface area (Å²) in [6.45, 7) is 1.98. The van der Waals surface area contributed by atoms with Crippen molar-refractivity contribution in [1.82, 2.24) is 5.32 Å². The Kier molecular flexibility index (Phi) is 6.19. The highest BCUT2D eigenvalue weighted by atomic mass is 16.5. The molecule has 1 amide bonds. The van der Waals surface area contributed by atoms with Crippen LogP contribution >= 0.6 is 0 Å². The quantitative estimate of drug-likeness (QED) is 0.654. The van der Waals surface area contributed by atoms with Gasteiger partial charge in [0.15, 0.2) is 0 Å². The molecular formula is C14H17NO6. The molecule has 0 spiro atoms. The topological polar surface area (TPSA) is 113 Å². The van der Waals surface area contributed by atoms with Gasteiger partial charge in [0.1, 0.15) is 11.8 Å². The maximum absolute atomic E-state index is 11.5. The van der Waals surface area contributed by atoms with Crippen molar-refractivity contribution in [2.45, 2.75) is 25.8 Å². The second kappa shape index (κ2) is 7.88. The fraction of sp³-hybridized carbons (Fsp3) is 0.357. The lowest BCUT2D eigenvalue weighted by Crippen LogP contribution is -2.42. The minimum absolute atomic E-state index is 0.0582. The molecule has 1 unspecified atom stereocenters. The lowest BCUT2D eigenvalue weighted by atomic mass is 10.2. The first kappa shape index (κ1) is 16.5. The lowest BCUT2D eigenvalue weighted by molar-refractivity contribution is -0.147. The Balaban J connectivity index is 2.39. The van der Waals surface area contributed by atoms with Crippen molar-refractivity contribution in [3.63, 3.8) is 0 Å². The van der Waals surface area contributed by atoms with Crippen LogP contribution in [0.5, 0.6) is 5.75 Å². The van der Waals surface area contributed by atoms with Gasteiger partial charge in [-0.25, -0.2) is 4.79 Å². The van der Waals surface area contributed by atoms with Crippen LogP contribution in [0, 0.1) is 6.92 Å². The molecule has 1 rings (SSSR count). The molecule has 21 heavy (non-hydrogen) atoms. The minimum Gasteiger partial charge on any atom is -0.493 e. The van der Waals surface area contributed by atoms with E-state index in [9.17, 15) is 14.4 Å². The molecule has 0 fully saturated rings. The first-order valence-electron chi connectivity index (χ1n) is 6.32. The van der Waals surface area contributed by atoms with E-state index in [-0.39, 0.29) is 13.0 Å². The molecule has 114 valence electrons. The first-order valence-corrected chi connectivity index (χ1v) is 6.32. The van der Waals surface area contributed by atoms with Gasteiger partial charge in [0, 0.05) is 0 Å². The maximum Gasteiger partial charge on any atom is 0.326 e. The van der Waals surface area contributed by atoms with E-state index in [0.29, 0.717) is 5.75 Å². The van der Waals surface area contributed by atoms with Crippen LogP contribution in [0.15, 0.2) is 24.3 Å². The molecule has 7 nitrogen and oxygen atoms in total. The molecule has 0 aliphatic heterocycles. The van der Waals surface area contributed by atoms with Gasteiger partial charge in [0.05, 0.1) is 19.4 Å². The van der Waals surface area contributed by atoms with Gasteiger partial charge in [-0.15, -0.1) is 0 Å². The Hall–Kier alpha value is -2.57. The smallest absolute Gasteiger partial charge is 0.326 e. The SMILES string of the molecule is Cc1cccc(OCCC(=O)NC(CC(=O)O)C(=O)O)c1. The molecule has 7 heteroatoms. The predicted molar refractivity (Wildman–Crippen MR) is 73.1 cm³/mol. The third-order valence-corrected chi connectivity index (χ3v) is 2.60. The number of carboxylic acid groups (broad SMARTS) is 2. The molecule has 0 aromatic heterocycles. The molecule has 0 saturated carbocycles. The summed E-state index contributed by atoms with van der Waals surface area (Å²) in [7, 11) is 0. The second-order valence-electron chi connectivity index (χ2n) is 4.47. The largest absolute Gasteiger partial charge is 0.493 e. The molecule has 0 saturated heterocycles. The van der Waals surface area contributed by atoms with Gasteiger partial charge in [-0.05, 0) is 24.6 Å². The zero-order valence-corrected chi connectivity index (χ0v) is 11.5. The molecule has 0 bridgehead atoms. The second-order valence-corrected chi connectivity index (χ2v) is 4.47. The Labute approximate surface area is 121 Å². The zero-order valence-electron chi connectivity index (χ0n) is 11.5. The average Bonchev–Trinajstić information content (AvgIpc) is 2.37. The lowest BCUT2D eigenvalue weighted by Gasteiger charge is -2.12. The molecule has 1 aromatic rings. The predicted octanol–water partition coefficient (Wildman–Crippen LogP) is 0.808. The fourth-order valence-electron chi connectivity index (χ4n) is 1.61. The van der Waals surface area contributed by atoms with Crippen LogP contribution in [0.1, 0.15) is 18.4 Å². The van der Waals surface area contributed by atoms with Crippen molar-refractivity contribution in [2.75, 3.05) is 6.61 Å². The number of carbonyl (C=O) groups is 3. The molecule has 0 aliphatic carbocycles. The summed E-state index contributed by atoms with van der Waals surface area (Å²) < 4.78 is 5.36. The molecule has 0 heterocycles. The molecule has 0 radical (unpaired) electrons. The summed E-state index contributed by atoms with van der Waals surface area (Å²) in [6.07, 6.45) is -0.725. The van der Waals surface area contributed by atoms with Gasteiger partial charge in [0.25, 0.3) is 0 Å². The van der Waals surface area contributed by atoms with E-state index in [2.05, 4.69) is 5.32 Å². The van der Waals surface area contributed by atoms with Crippen molar-refractivity contribution < 1.29 is 29.3 Å². The zero-order chi connectivity index (χ0) is 15.8. The van der Waals surface area contributed by atoms with E-state index >= 15 is 0 Å². The van der Waals surface area contributed by atoms with E-state index in [1.165, 1.54) is 0 Å². The number of rotatable bonds is 8. The number of nitrogens with one attached hydrogen (secondary N) is 1. The molecule has 1 aromatic carbocycles. The van der Waals surface area contributed by atoms with E-state index in [1.54, 1.807) is 6.07 Å². The Morgan fingerprint density at radius 1 is 1.29 bits per heavy atom. The third kappa shape index (κ3) is 6.42. The van der Waals surface area contributed by atoms with Gasteiger partial charge in [0.2, 0.25) is 5.91 Å². The maximum atomic E-state index is 11.5. The Morgan fingerprint density at radius 3 is 2.57 bits per heavy atom. The van der Waals surface area contributed by atoms with Crippen LogP contribution in [-0.4, -0.2) is 40.7 Å². The summed E-state index contributed by atoms with van der Waals surface area (Å²) in [5.41, 5.74) is 1.02. The molecular weight excluding hydrogens is 278 g/mol. The van der Waals surface area contributed by atoms with Crippen molar-refractivity contribution >= 4 is 17.8 Å². The minimum atomic E-state index is -1.44. The highest BCUT2D eigenvalue weighted by Gasteiger charge is 2.22. The van der Waals surface area contributed by atoms with Gasteiger partial charge < -0.3 is 20.3 Å². The summed E-state index contributed by atoms with van der Waals surface area (Å²) in [5.74, 6) is -2.64. The van der Waals surface area contributed by atoms with Crippen LogP contribution in [0.2, 0.25) is 0 Å². The van der Waals surface area contributed by atoms with E-state index in [0.717, 1.165) is 5.56 Å². The van der Waals surface area contributed by atoms with E-state index < -0.39 is 30.3 Å². The number of aliphatic carboxylic acids is 2. The summed E-state index contributed by atoms with van der Waals surface area (Å²) in [4.78, 5) is 32.8. The van der Waals surface area contributed by atoms with E-state index in [1.807, 2.05) is 25.1 Å². The monoisotopic (exact) mass is 295 g/mol. The number of ether oxygens (including phenoxy) is 1. The normalized spacial score (nSPS) is 11.5. The number of benzene rings is 1. The van der Waals surface area contributed by atoms with Crippen LogP contribution in [-0.2, 0) is 14.4 Å². The first-order chi connectivity index (χ1) is 9.88. The van der Waals surface area contributed by atoms with E-state index in [4.69, 9.17) is 14.9 Å². The fourth-order valence-corrected chi connectivity index (χ4v) is 1.61. The highest BCUT2D eigenvalue weighted by Crippen LogP contribution is 2.12. The van der Waals surface area contributed by atoms with Gasteiger partial charge >= 0.3 is 11.9 Å².